The highest BCUT2D eigenvalue weighted by molar-refractivity contribution is 5.19. The van der Waals surface area contributed by atoms with Crippen LogP contribution in [0.1, 0.15) is 25.8 Å². The quantitative estimate of drug-likeness (QED) is 0.810. The monoisotopic (exact) mass is 257 g/mol. The van der Waals surface area contributed by atoms with Crippen LogP contribution in [-0.2, 0) is 11.3 Å². The lowest BCUT2D eigenvalue weighted by Gasteiger charge is -2.24. The van der Waals surface area contributed by atoms with Crippen molar-refractivity contribution in [2.24, 2.45) is 5.41 Å². The van der Waals surface area contributed by atoms with Crippen molar-refractivity contribution < 1.29 is 13.5 Å². The maximum atomic E-state index is 13.4. The van der Waals surface area contributed by atoms with Gasteiger partial charge in [0.05, 0.1) is 0 Å². The van der Waals surface area contributed by atoms with Crippen molar-refractivity contribution in [2.75, 3.05) is 20.3 Å². The van der Waals surface area contributed by atoms with Crippen LogP contribution in [0.3, 0.4) is 0 Å². The largest absolute Gasteiger partial charge is 0.385 e. The van der Waals surface area contributed by atoms with Crippen LogP contribution in [0.2, 0.25) is 0 Å². The maximum absolute atomic E-state index is 13.4. The molecule has 1 N–H and O–H groups in total. The number of hydrogen-bond acceptors (Lipinski definition) is 2. The SMILES string of the molecule is COCCC(C)(C)CNCc1c(F)cccc1F. The summed E-state index contributed by atoms with van der Waals surface area (Å²) in [6.45, 7) is 5.76. The van der Waals surface area contributed by atoms with Gasteiger partial charge in [-0.05, 0) is 24.0 Å². The van der Waals surface area contributed by atoms with Gasteiger partial charge in [0.2, 0.25) is 0 Å². The number of halogens is 2. The first-order valence-corrected chi connectivity index (χ1v) is 6.09. The van der Waals surface area contributed by atoms with Crippen LogP contribution >= 0.6 is 0 Å². The number of methoxy groups -OCH3 is 1. The Morgan fingerprint density at radius 3 is 2.39 bits per heavy atom. The lowest BCUT2D eigenvalue weighted by molar-refractivity contribution is 0.150. The fourth-order valence-corrected chi connectivity index (χ4v) is 1.69. The second kappa shape index (κ2) is 6.81. The van der Waals surface area contributed by atoms with Gasteiger partial charge in [-0.1, -0.05) is 19.9 Å². The van der Waals surface area contributed by atoms with Gasteiger partial charge in [0.1, 0.15) is 11.6 Å². The molecule has 0 bridgehead atoms. The Hall–Kier alpha value is -1.00. The zero-order valence-corrected chi connectivity index (χ0v) is 11.2. The molecular formula is C14H21F2NO. The first kappa shape index (κ1) is 15.1. The van der Waals surface area contributed by atoms with Crippen LogP contribution in [0, 0.1) is 17.0 Å². The van der Waals surface area contributed by atoms with Gasteiger partial charge in [0, 0.05) is 32.4 Å². The number of hydrogen-bond donors (Lipinski definition) is 1. The average molecular weight is 257 g/mol. The number of rotatable bonds is 7. The molecule has 0 atom stereocenters. The summed E-state index contributed by atoms with van der Waals surface area (Å²) in [4.78, 5) is 0. The zero-order valence-electron chi connectivity index (χ0n) is 11.2. The molecule has 0 saturated heterocycles. The summed E-state index contributed by atoms with van der Waals surface area (Å²) in [6, 6.07) is 3.92. The van der Waals surface area contributed by atoms with Crippen LogP contribution in [0.15, 0.2) is 18.2 Å². The molecule has 0 amide bonds. The summed E-state index contributed by atoms with van der Waals surface area (Å²) in [5, 5.41) is 3.10. The van der Waals surface area contributed by atoms with Crippen molar-refractivity contribution in [1.29, 1.82) is 0 Å². The summed E-state index contributed by atoms with van der Waals surface area (Å²) >= 11 is 0. The second-order valence-corrected chi connectivity index (χ2v) is 5.21. The molecule has 1 rings (SSSR count). The first-order chi connectivity index (χ1) is 8.46. The molecule has 18 heavy (non-hydrogen) atoms. The van der Waals surface area contributed by atoms with E-state index in [-0.39, 0.29) is 17.5 Å². The van der Waals surface area contributed by atoms with E-state index >= 15 is 0 Å². The number of ether oxygens (including phenoxy) is 1. The van der Waals surface area contributed by atoms with Crippen molar-refractivity contribution >= 4 is 0 Å². The summed E-state index contributed by atoms with van der Waals surface area (Å²) in [6.07, 6.45) is 0.899. The van der Waals surface area contributed by atoms with Gasteiger partial charge in [0.15, 0.2) is 0 Å². The molecule has 0 saturated carbocycles. The van der Waals surface area contributed by atoms with Crippen molar-refractivity contribution in [2.45, 2.75) is 26.8 Å². The molecule has 0 aromatic heterocycles. The summed E-state index contributed by atoms with van der Waals surface area (Å²) in [5.41, 5.74) is 0.137. The maximum Gasteiger partial charge on any atom is 0.130 e. The van der Waals surface area contributed by atoms with E-state index in [0.717, 1.165) is 6.42 Å². The Morgan fingerprint density at radius 1 is 1.22 bits per heavy atom. The van der Waals surface area contributed by atoms with Gasteiger partial charge in [-0.15, -0.1) is 0 Å². The summed E-state index contributed by atoms with van der Waals surface area (Å²) in [7, 11) is 1.66. The van der Waals surface area contributed by atoms with Crippen LogP contribution in [0.5, 0.6) is 0 Å². The molecular weight excluding hydrogens is 236 g/mol. The molecule has 2 nitrogen and oxygen atoms in total. The average Bonchev–Trinajstić information content (AvgIpc) is 2.30. The van der Waals surface area contributed by atoms with E-state index in [0.29, 0.717) is 13.2 Å². The van der Waals surface area contributed by atoms with E-state index in [1.807, 2.05) is 0 Å². The van der Waals surface area contributed by atoms with Gasteiger partial charge in [-0.2, -0.15) is 0 Å². The van der Waals surface area contributed by atoms with E-state index in [4.69, 9.17) is 4.74 Å². The third kappa shape index (κ3) is 4.70. The van der Waals surface area contributed by atoms with Gasteiger partial charge in [0.25, 0.3) is 0 Å². The highest BCUT2D eigenvalue weighted by Crippen LogP contribution is 2.19. The minimum Gasteiger partial charge on any atom is -0.385 e. The van der Waals surface area contributed by atoms with Crippen LogP contribution in [-0.4, -0.2) is 20.3 Å². The third-order valence-electron chi connectivity index (χ3n) is 2.95. The fourth-order valence-electron chi connectivity index (χ4n) is 1.69. The van der Waals surface area contributed by atoms with E-state index in [9.17, 15) is 8.78 Å². The predicted octanol–water partition coefficient (Wildman–Crippen LogP) is 3.12. The lowest BCUT2D eigenvalue weighted by Crippen LogP contribution is -2.30. The van der Waals surface area contributed by atoms with Gasteiger partial charge in [-0.25, -0.2) is 8.78 Å². The molecule has 0 aliphatic heterocycles. The van der Waals surface area contributed by atoms with Crippen molar-refractivity contribution in [3.8, 4) is 0 Å². The highest BCUT2D eigenvalue weighted by Gasteiger charge is 2.17. The Labute approximate surface area is 107 Å². The van der Waals surface area contributed by atoms with Gasteiger partial charge >= 0.3 is 0 Å². The molecule has 0 aliphatic rings. The molecule has 0 radical (unpaired) electrons. The molecule has 4 heteroatoms. The highest BCUT2D eigenvalue weighted by atomic mass is 19.1. The van der Waals surface area contributed by atoms with E-state index < -0.39 is 11.6 Å². The van der Waals surface area contributed by atoms with E-state index in [1.165, 1.54) is 18.2 Å². The third-order valence-corrected chi connectivity index (χ3v) is 2.95. The molecule has 0 spiro atoms. The van der Waals surface area contributed by atoms with Crippen molar-refractivity contribution in [1.82, 2.24) is 5.32 Å². The summed E-state index contributed by atoms with van der Waals surface area (Å²) in [5.74, 6) is -1.01. The smallest absolute Gasteiger partial charge is 0.130 e. The number of nitrogens with one attached hydrogen (secondary N) is 1. The van der Waals surface area contributed by atoms with Crippen molar-refractivity contribution in [3.63, 3.8) is 0 Å². The normalized spacial score (nSPS) is 11.8. The topological polar surface area (TPSA) is 21.3 Å². The minimum absolute atomic E-state index is 0.0394. The zero-order chi connectivity index (χ0) is 13.6. The molecule has 0 unspecified atom stereocenters. The minimum atomic E-state index is -0.503. The second-order valence-electron chi connectivity index (χ2n) is 5.21. The molecule has 1 aromatic carbocycles. The Morgan fingerprint density at radius 2 is 1.83 bits per heavy atom. The molecule has 0 heterocycles. The summed E-state index contributed by atoms with van der Waals surface area (Å²) < 4.78 is 31.8. The van der Waals surface area contributed by atoms with Gasteiger partial charge < -0.3 is 10.1 Å². The van der Waals surface area contributed by atoms with Crippen LogP contribution in [0.25, 0.3) is 0 Å². The standard InChI is InChI=1S/C14H21F2NO/c1-14(2,7-8-18-3)10-17-9-11-12(15)5-4-6-13(11)16/h4-6,17H,7-10H2,1-3H3. The van der Waals surface area contributed by atoms with Crippen molar-refractivity contribution in [3.05, 3.63) is 35.4 Å². The van der Waals surface area contributed by atoms with Crippen LogP contribution in [0.4, 0.5) is 8.78 Å². The Kier molecular flexibility index (Phi) is 5.69. The first-order valence-electron chi connectivity index (χ1n) is 6.09. The van der Waals surface area contributed by atoms with E-state index in [2.05, 4.69) is 19.2 Å². The lowest BCUT2D eigenvalue weighted by atomic mass is 9.89. The molecule has 1 aromatic rings. The predicted molar refractivity (Wildman–Crippen MR) is 68.3 cm³/mol. The Balaban J connectivity index is 2.46. The molecule has 102 valence electrons. The van der Waals surface area contributed by atoms with Crippen LogP contribution < -0.4 is 5.32 Å². The van der Waals surface area contributed by atoms with E-state index in [1.54, 1.807) is 7.11 Å². The Bertz CT molecular complexity index is 360. The number of benzene rings is 1. The fraction of sp³-hybridized carbons (Fsp3) is 0.571. The molecule has 0 fully saturated rings. The van der Waals surface area contributed by atoms with Gasteiger partial charge in [-0.3, -0.25) is 0 Å². The molecule has 0 aliphatic carbocycles.